The van der Waals surface area contributed by atoms with Crippen molar-refractivity contribution < 1.29 is 4.74 Å². The number of hydrogen-bond acceptors (Lipinski definition) is 4. The molecule has 1 saturated heterocycles. The molecule has 1 fully saturated rings. The standard InChI is InChI=1S/C12H21BrN4O/c1-3-6-17-12(9(13)7-15-17)11(16-14)10-5-4-8(2)18-10/h7-8,10-11,16H,3-6,14H2,1-2H3. The number of aromatic nitrogens is 2. The van der Waals surface area contributed by atoms with Crippen LogP contribution in [-0.2, 0) is 11.3 Å². The summed E-state index contributed by atoms with van der Waals surface area (Å²) in [5.41, 5.74) is 3.97. The summed E-state index contributed by atoms with van der Waals surface area (Å²) in [5, 5.41) is 4.38. The minimum atomic E-state index is -0.0154. The fourth-order valence-electron chi connectivity index (χ4n) is 2.51. The van der Waals surface area contributed by atoms with E-state index in [1.54, 1.807) is 0 Å². The first kappa shape index (κ1) is 14.0. The van der Waals surface area contributed by atoms with Crippen LogP contribution in [0.5, 0.6) is 0 Å². The fourth-order valence-corrected chi connectivity index (χ4v) is 3.05. The van der Waals surface area contributed by atoms with Gasteiger partial charge >= 0.3 is 0 Å². The van der Waals surface area contributed by atoms with Crippen LogP contribution in [0.15, 0.2) is 10.7 Å². The molecular formula is C12H21BrN4O. The first-order valence-electron chi connectivity index (χ1n) is 6.50. The van der Waals surface area contributed by atoms with Crippen molar-refractivity contribution in [1.82, 2.24) is 15.2 Å². The summed E-state index contributed by atoms with van der Waals surface area (Å²) in [6, 6.07) is -0.0154. The zero-order valence-electron chi connectivity index (χ0n) is 10.9. The minimum Gasteiger partial charge on any atom is -0.373 e. The van der Waals surface area contributed by atoms with Gasteiger partial charge in [0.2, 0.25) is 0 Å². The average molecular weight is 317 g/mol. The summed E-state index contributed by atoms with van der Waals surface area (Å²) in [6.07, 6.45) is 5.41. The molecule has 0 aliphatic carbocycles. The normalized spacial score (nSPS) is 25.6. The molecule has 5 nitrogen and oxygen atoms in total. The summed E-state index contributed by atoms with van der Waals surface area (Å²) in [5.74, 6) is 5.73. The van der Waals surface area contributed by atoms with Crippen molar-refractivity contribution in [2.45, 2.75) is 57.9 Å². The van der Waals surface area contributed by atoms with E-state index in [0.717, 1.165) is 36.0 Å². The molecule has 1 aliphatic heterocycles. The maximum atomic E-state index is 5.92. The highest BCUT2D eigenvalue weighted by atomic mass is 79.9. The molecule has 3 N–H and O–H groups in total. The Labute approximate surface area is 116 Å². The van der Waals surface area contributed by atoms with Gasteiger partial charge in [0.1, 0.15) is 0 Å². The van der Waals surface area contributed by atoms with Crippen LogP contribution in [0.25, 0.3) is 0 Å². The van der Waals surface area contributed by atoms with Gasteiger partial charge in [-0.3, -0.25) is 10.5 Å². The van der Waals surface area contributed by atoms with Crippen LogP contribution in [0.3, 0.4) is 0 Å². The number of hydrogen-bond donors (Lipinski definition) is 2. The maximum Gasteiger partial charge on any atom is 0.0901 e. The molecular weight excluding hydrogens is 296 g/mol. The van der Waals surface area contributed by atoms with Crippen LogP contribution in [0.2, 0.25) is 0 Å². The lowest BCUT2D eigenvalue weighted by Crippen LogP contribution is -2.38. The molecule has 0 amide bonds. The second kappa shape index (κ2) is 6.14. The predicted octanol–water partition coefficient (Wildman–Crippen LogP) is 2.13. The zero-order chi connectivity index (χ0) is 13.1. The molecule has 2 heterocycles. The Bertz CT molecular complexity index is 395. The van der Waals surface area contributed by atoms with Gasteiger partial charge in [0, 0.05) is 6.54 Å². The smallest absolute Gasteiger partial charge is 0.0901 e. The zero-order valence-corrected chi connectivity index (χ0v) is 12.5. The topological polar surface area (TPSA) is 65.1 Å². The van der Waals surface area contributed by atoms with E-state index in [1.165, 1.54) is 0 Å². The summed E-state index contributed by atoms with van der Waals surface area (Å²) >= 11 is 3.56. The quantitative estimate of drug-likeness (QED) is 0.645. The summed E-state index contributed by atoms with van der Waals surface area (Å²) in [4.78, 5) is 0. The summed E-state index contributed by atoms with van der Waals surface area (Å²) < 4.78 is 8.91. The lowest BCUT2D eigenvalue weighted by atomic mass is 10.0. The molecule has 1 aromatic rings. The predicted molar refractivity (Wildman–Crippen MR) is 73.9 cm³/mol. The first-order chi connectivity index (χ1) is 8.67. The van der Waals surface area contributed by atoms with Gasteiger partial charge in [0.25, 0.3) is 0 Å². The van der Waals surface area contributed by atoms with Crippen molar-refractivity contribution in [2.24, 2.45) is 5.84 Å². The lowest BCUT2D eigenvalue weighted by molar-refractivity contribution is 0.0294. The molecule has 6 heteroatoms. The van der Waals surface area contributed by atoms with Crippen LogP contribution in [0, 0.1) is 0 Å². The molecule has 3 unspecified atom stereocenters. The number of nitrogens with one attached hydrogen (secondary N) is 1. The molecule has 3 atom stereocenters. The van der Waals surface area contributed by atoms with Crippen molar-refractivity contribution >= 4 is 15.9 Å². The van der Waals surface area contributed by atoms with Crippen molar-refractivity contribution in [3.8, 4) is 0 Å². The van der Waals surface area contributed by atoms with E-state index < -0.39 is 0 Å². The molecule has 0 bridgehead atoms. The van der Waals surface area contributed by atoms with Crippen LogP contribution in [-0.4, -0.2) is 22.0 Å². The Kier molecular flexibility index (Phi) is 4.77. The molecule has 2 rings (SSSR count). The Hall–Kier alpha value is -0.430. The highest BCUT2D eigenvalue weighted by molar-refractivity contribution is 9.10. The third-order valence-electron chi connectivity index (χ3n) is 3.38. The van der Waals surface area contributed by atoms with Crippen molar-refractivity contribution in [1.29, 1.82) is 0 Å². The van der Waals surface area contributed by atoms with Gasteiger partial charge in [0.15, 0.2) is 0 Å². The molecule has 1 aliphatic rings. The molecule has 18 heavy (non-hydrogen) atoms. The van der Waals surface area contributed by atoms with E-state index in [2.05, 4.69) is 40.3 Å². The van der Waals surface area contributed by atoms with Crippen LogP contribution in [0.4, 0.5) is 0 Å². The van der Waals surface area contributed by atoms with E-state index in [0.29, 0.717) is 6.10 Å². The van der Waals surface area contributed by atoms with Crippen LogP contribution < -0.4 is 11.3 Å². The number of ether oxygens (including phenoxy) is 1. The summed E-state index contributed by atoms with van der Waals surface area (Å²) in [6.45, 7) is 5.13. The van der Waals surface area contributed by atoms with Gasteiger partial charge in [0.05, 0.1) is 34.6 Å². The Morgan fingerprint density at radius 1 is 1.67 bits per heavy atom. The number of nitrogens with zero attached hydrogens (tertiary/aromatic N) is 2. The van der Waals surface area contributed by atoms with Crippen LogP contribution in [0.1, 0.15) is 44.8 Å². The van der Waals surface area contributed by atoms with Gasteiger partial charge in [-0.15, -0.1) is 0 Å². The lowest BCUT2D eigenvalue weighted by Gasteiger charge is -2.24. The summed E-state index contributed by atoms with van der Waals surface area (Å²) in [7, 11) is 0. The number of nitrogens with two attached hydrogens (primary N) is 1. The van der Waals surface area contributed by atoms with Crippen molar-refractivity contribution in [2.75, 3.05) is 0 Å². The SMILES string of the molecule is CCCn1ncc(Br)c1C(NN)C1CCC(C)O1. The van der Waals surface area contributed by atoms with E-state index in [1.807, 2.05) is 10.9 Å². The highest BCUT2D eigenvalue weighted by Crippen LogP contribution is 2.33. The van der Waals surface area contributed by atoms with Crippen molar-refractivity contribution in [3.63, 3.8) is 0 Å². The van der Waals surface area contributed by atoms with Gasteiger partial charge in [-0.2, -0.15) is 5.10 Å². The molecule has 0 aromatic carbocycles. The van der Waals surface area contributed by atoms with Gasteiger partial charge < -0.3 is 4.74 Å². The highest BCUT2D eigenvalue weighted by Gasteiger charge is 2.33. The number of hydrazine groups is 1. The average Bonchev–Trinajstić information content (AvgIpc) is 2.91. The third kappa shape index (κ3) is 2.77. The number of halogens is 1. The van der Waals surface area contributed by atoms with Gasteiger partial charge in [-0.1, -0.05) is 6.92 Å². The molecule has 1 aromatic heterocycles. The monoisotopic (exact) mass is 316 g/mol. The van der Waals surface area contributed by atoms with Crippen LogP contribution >= 0.6 is 15.9 Å². The van der Waals surface area contributed by atoms with Crippen molar-refractivity contribution in [3.05, 3.63) is 16.4 Å². The third-order valence-corrected chi connectivity index (χ3v) is 3.99. The minimum absolute atomic E-state index is 0.0154. The van der Waals surface area contributed by atoms with E-state index in [9.17, 15) is 0 Å². The Morgan fingerprint density at radius 3 is 3.00 bits per heavy atom. The van der Waals surface area contributed by atoms with Gasteiger partial charge in [-0.25, -0.2) is 5.43 Å². The fraction of sp³-hybridized carbons (Fsp3) is 0.750. The molecule has 0 spiro atoms. The maximum absolute atomic E-state index is 5.92. The van der Waals surface area contributed by atoms with E-state index in [-0.39, 0.29) is 12.1 Å². The van der Waals surface area contributed by atoms with Gasteiger partial charge in [-0.05, 0) is 42.1 Å². The second-order valence-corrected chi connectivity index (χ2v) is 5.66. The molecule has 0 radical (unpaired) electrons. The largest absolute Gasteiger partial charge is 0.373 e. The molecule has 102 valence electrons. The van der Waals surface area contributed by atoms with E-state index >= 15 is 0 Å². The Morgan fingerprint density at radius 2 is 2.44 bits per heavy atom. The first-order valence-corrected chi connectivity index (χ1v) is 7.29. The second-order valence-electron chi connectivity index (χ2n) is 4.81. The number of rotatable bonds is 5. The number of aryl methyl sites for hydroxylation is 1. The van der Waals surface area contributed by atoms with E-state index in [4.69, 9.17) is 10.6 Å². The Balaban J connectivity index is 2.23. The molecule has 0 saturated carbocycles.